The second-order valence-corrected chi connectivity index (χ2v) is 8.31. The van der Waals surface area contributed by atoms with Crippen molar-refractivity contribution in [3.8, 4) is 11.3 Å². The van der Waals surface area contributed by atoms with E-state index in [-0.39, 0.29) is 11.8 Å². The number of benzene rings is 1. The average molecular weight is 428 g/mol. The zero-order valence-corrected chi connectivity index (χ0v) is 18.0. The number of aromatic nitrogens is 1. The molecule has 1 aromatic heterocycles. The van der Waals surface area contributed by atoms with Crippen LogP contribution in [0.1, 0.15) is 18.9 Å². The SMILES string of the molecule is COC1=CC(C(=O)Nc2nc(-c3ccc4c(c3)CCN4C(O)OC)cs2)CC(C)=C1. The van der Waals surface area contributed by atoms with Gasteiger partial charge in [-0.05, 0) is 49.6 Å². The molecule has 1 aromatic carbocycles. The number of carbonyl (C=O) groups is 1. The van der Waals surface area contributed by atoms with E-state index in [1.807, 2.05) is 41.5 Å². The molecule has 158 valence electrons. The molecule has 30 heavy (non-hydrogen) atoms. The molecule has 0 bridgehead atoms. The lowest BCUT2D eigenvalue weighted by molar-refractivity contribution is -0.118. The highest BCUT2D eigenvalue weighted by atomic mass is 32.1. The molecule has 4 rings (SSSR count). The van der Waals surface area contributed by atoms with E-state index < -0.39 is 6.41 Å². The minimum absolute atomic E-state index is 0.0870. The predicted molar refractivity (Wildman–Crippen MR) is 117 cm³/mol. The highest BCUT2D eigenvalue weighted by Gasteiger charge is 2.25. The number of ether oxygens (including phenoxy) is 2. The maximum atomic E-state index is 12.7. The Morgan fingerprint density at radius 1 is 1.40 bits per heavy atom. The lowest BCUT2D eigenvalue weighted by atomic mass is 9.93. The second kappa shape index (κ2) is 8.59. The summed E-state index contributed by atoms with van der Waals surface area (Å²) >= 11 is 1.41. The summed E-state index contributed by atoms with van der Waals surface area (Å²) in [4.78, 5) is 19.1. The molecule has 2 N–H and O–H groups in total. The Morgan fingerprint density at radius 2 is 2.23 bits per heavy atom. The van der Waals surface area contributed by atoms with Gasteiger partial charge in [0.05, 0.1) is 18.7 Å². The van der Waals surface area contributed by atoms with Crippen molar-refractivity contribution in [3.63, 3.8) is 0 Å². The first-order valence-electron chi connectivity index (χ1n) is 9.78. The van der Waals surface area contributed by atoms with E-state index >= 15 is 0 Å². The van der Waals surface area contributed by atoms with Gasteiger partial charge < -0.3 is 24.8 Å². The predicted octanol–water partition coefficient (Wildman–Crippen LogP) is 3.53. The summed E-state index contributed by atoms with van der Waals surface area (Å²) in [5.74, 6) is 0.357. The number of rotatable bonds is 6. The van der Waals surface area contributed by atoms with Crippen LogP contribution >= 0.6 is 11.3 Å². The summed E-state index contributed by atoms with van der Waals surface area (Å²) in [5, 5.41) is 15.4. The van der Waals surface area contributed by atoms with E-state index in [0.29, 0.717) is 23.9 Å². The number of anilines is 2. The lowest BCUT2D eigenvalue weighted by Gasteiger charge is -2.24. The molecular formula is C22H25N3O4S. The highest BCUT2D eigenvalue weighted by Crippen LogP contribution is 2.34. The number of nitrogens with zero attached hydrogens (tertiary/aromatic N) is 2. The fourth-order valence-electron chi connectivity index (χ4n) is 3.85. The summed E-state index contributed by atoms with van der Waals surface area (Å²) in [6.45, 7) is 2.70. The molecule has 2 aromatic rings. The lowest BCUT2D eigenvalue weighted by Crippen LogP contribution is -2.34. The third kappa shape index (κ3) is 4.12. The number of carbonyl (C=O) groups excluding carboxylic acids is 1. The number of fused-ring (bicyclic) bond motifs is 1. The number of hydrogen-bond donors (Lipinski definition) is 2. The van der Waals surface area contributed by atoms with Gasteiger partial charge in [0.2, 0.25) is 12.3 Å². The number of methoxy groups -OCH3 is 2. The molecule has 0 radical (unpaired) electrons. The molecule has 7 nitrogen and oxygen atoms in total. The van der Waals surface area contributed by atoms with E-state index in [0.717, 1.165) is 34.5 Å². The van der Waals surface area contributed by atoms with Crippen LogP contribution in [-0.4, -0.2) is 43.2 Å². The molecule has 1 aliphatic carbocycles. The number of aliphatic hydroxyl groups is 1. The van der Waals surface area contributed by atoms with Gasteiger partial charge in [0.15, 0.2) is 5.13 Å². The van der Waals surface area contributed by atoms with Crippen molar-refractivity contribution < 1.29 is 19.4 Å². The van der Waals surface area contributed by atoms with Crippen LogP contribution in [0.4, 0.5) is 10.8 Å². The maximum Gasteiger partial charge on any atom is 0.237 e. The van der Waals surface area contributed by atoms with Gasteiger partial charge in [-0.1, -0.05) is 11.6 Å². The normalized spacial score (nSPS) is 19.1. The first-order valence-corrected chi connectivity index (χ1v) is 10.7. The molecule has 0 spiro atoms. The first kappa shape index (κ1) is 20.6. The van der Waals surface area contributed by atoms with Crippen molar-refractivity contribution >= 4 is 28.1 Å². The Bertz CT molecular complexity index is 1010. The number of aliphatic hydroxyl groups excluding tert-OH is 1. The molecule has 1 aliphatic heterocycles. The van der Waals surface area contributed by atoms with Crippen LogP contribution < -0.4 is 10.2 Å². The monoisotopic (exact) mass is 427 g/mol. The Labute approximate surface area is 179 Å². The molecule has 0 saturated heterocycles. The molecule has 1 amide bonds. The number of amides is 1. The van der Waals surface area contributed by atoms with Crippen molar-refractivity contribution in [1.29, 1.82) is 0 Å². The van der Waals surface area contributed by atoms with Gasteiger partial charge in [0, 0.05) is 30.3 Å². The summed E-state index contributed by atoms with van der Waals surface area (Å²) in [6, 6.07) is 6.04. The zero-order valence-electron chi connectivity index (χ0n) is 17.2. The van der Waals surface area contributed by atoms with Crippen LogP contribution in [0.5, 0.6) is 0 Å². The molecule has 0 fully saturated rings. The number of nitrogens with one attached hydrogen (secondary N) is 1. The third-order valence-electron chi connectivity index (χ3n) is 5.39. The van der Waals surface area contributed by atoms with E-state index in [4.69, 9.17) is 9.47 Å². The Morgan fingerprint density at radius 3 is 3.00 bits per heavy atom. The quantitative estimate of drug-likeness (QED) is 0.686. The largest absolute Gasteiger partial charge is 0.497 e. The fourth-order valence-corrected chi connectivity index (χ4v) is 4.58. The van der Waals surface area contributed by atoms with Crippen LogP contribution in [0, 0.1) is 5.92 Å². The number of hydrogen-bond acceptors (Lipinski definition) is 7. The van der Waals surface area contributed by atoms with Gasteiger partial charge in [0.1, 0.15) is 5.76 Å². The Kier molecular flexibility index (Phi) is 5.90. The molecule has 8 heteroatoms. The molecule has 2 aliphatic rings. The Hall–Kier alpha value is -2.68. The fraction of sp³-hybridized carbons (Fsp3) is 0.364. The Balaban J connectivity index is 1.47. The van der Waals surface area contributed by atoms with Crippen molar-refractivity contribution in [1.82, 2.24) is 4.98 Å². The summed E-state index contributed by atoms with van der Waals surface area (Å²) in [6.07, 6.45) is 4.36. The molecule has 2 atom stereocenters. The zero-order chi connectivity index (χ0) is 21.3. The molecule has 0 saturated carbocycles. The standard InChI is InChI=1S/C22H25N3O4S/c1-13-8-16(11-17(9-13)28-2)20(26)24-21-23-18(12-30-21)14-4-5-19-15(10-14)6-7-25(19)22(27)29-3/h4-5,9-12,16,22,27H,6-8H2,1-3H3,(H,23,24,26). The minimum Gasteiger partial charge on any atom is -0.497 e. The van der Waals surface area contributed by atoms with Gasteiger partial charge in [-0.3, -0.25) is 4.79 Å². The topological polar surface area (TPSA) is 83.9 Å². The second-order valence-electron chi connectivity index (χ2n) is 7.45. The number of thiazole rings is 1. The average Bonchev–Trinajstić information content (AvgIpc) is 3.39. The van der Waals surface area contributed by atoms with Gasteiger partial charge >= 0.3 is 0 Å². The molecule has 2 unspecified atom stereocenters. The van der Waals surface area contributed by atoms with Gasteiger partial charge in [0.25, 0.3) is 0 Å². The van der Waals surface area contributed by atoms with Gasteiger partial charge in [-0.2, -0.15) is 0 Å². The van der Waals surface area contributed by atoms with Crippen molar-refractivity contribution in [2.75, 3.05) is 31.0 Å². The summed E-state index contributed by atoms with van der Waals surface area (Å²) in [7, 11) is 3.09. The molecule has 2 heterocycles. The number of allylic oxidation sites excluding steroid dienone is 2. The van der Waals surface area contributed by atoms with E-state index in [1.54, 1.807) is 7.11 Å². The smallest absolute Gasteiger partial charge is 0.237 e. The van der Waals surface area contributed by atoms with Crippen LogP contribution in [0.3, 0.4) is 0 Å². The first-order chi connectivity index (χ1) is 14.5. The third-order valence-corrected chi connectivity index (χ3v) is 6.14. The van der Waals surface area contributed by atoms with Crippen molar-refractivity contribution in [3.05, 3.63) is 52.6 Å². The van der Waals surface area contributed by atoms with Gasteiger partial charge in [-0.25, -0.2) is 4.98 Å². The minimum atomic E-state index is -0.941. The maximum absolute atomic E-state index is 12.7. The van der Waals surface area contributed by atoms with Crippen LogP contribution in [0.15, 0.2) is 47.1 Å². The van der Waals surface area contributed by atoms with Crippen LogP contribution in [0.25, 0.3) is 11.3 Å². The van der Waals surface area contributed by atoms with Crippen LogP contribution in [0.2, 0.25) is 0 Å². The van der Waals surface area contributed by atoms with Crippen molar-refractivity contribution in [2.45, 2.75) is 26.2 Å². The molecular weight excluding hydrogens is 402 g/mol. The van der Waals surface area contributed by atoms with E-state index in [1.165, 1.54) is 18.4 Å². The highest BCUT2D eigenvalue weighted by molar-refractivity contribution is 7.14. The van der Waals surface area contributed by atoms with E-state index in [9.17, 15) is 9.90 Å². The van der Waals surface area contributed by atoms with Gasteiger partial charge in [-0.15, -0.1) is 11.3 Å². The van der Waals surface area contributed by atoms with Crippen molar-refractivity contribution in [2.24, 2.45) is 5.92 Å². The summed E-state index contributed by atoms with van der Waals surface area (Å²) in [5.41, 5.74) is 5.02. The van der Waals surface area contributed by atoms with E-state index in [2.05, 4.69) is 16.4 Å². The summed E-state index contributed by atoms with van der Waals surface area (Å²) < 4.78 is 10.3. The van der Waals surface area contributed by atoms with Crippen LogP contribution in [-0.2, 0) is 20.7 Å².